The summed E-state index contributed by atoms with van der Waals surface area (Å²) in [7, 11) is 0. The maximum atomic E-state index is 12.6. The number of rotatable bonds is 4. The first-order valence-corrected chi connectivity index (χ1v) is 9.85. The number of fused-ring (bicyclic) bond motifs is 3. The van der Waals surface area contributed by atoms with Gasteiger partial charge in [0.1, 0.15) is 24.2 Å². The summed E-state index contributed by atoms with van der Waals surface area (Å²) in [5, 5.41) is 9.38. The molecule has 156 valence electrons. The molecule has 1 saturated heterocycles. The highest BCUT2D eigenvalue weighted by molar-refractivity contribution is 6.02. The van der Waals surface area contributed by atoms with Crippen molar-refractivity contribution in [1.82, 2.24) is 0 Å². The number of benzene rings is 1. The second-order valence-corrected chi connectivity index (χ2v) is 8.14. The van der Waals surface area contributed by atoms with Crippen LogP contribution in [0.3, 0.4) is 0 Å². The van der Waals surface area contributed by atoms with Crippen molar-refractivity contribution in [2.75, 3.05) is 0 Å². The number of carbonyl (C=O) groups is 4. The Morgan fingerprint density at radius 2 is 1.93 bits per heavy atom. The van der Waals surface area contributed by atoms with Crippen molar-refractivity contribution in [1.29, 1.82) is 0 Å². The van der Waals surface area contributed by atoms with Gasteiger partial charge in [-0.3, -0.25) is 9.59 Å². The molecule has 1 aliphatic heterocycles. The van der Waals surface area contributed by atoms with Crippen molar-refractivity contribution in [2.24, 2.45) is 17.8 Å². The van der Waals surface area contributed by atoms with Crippen LogP contribution >= 0.6 is 0 Å². The molecule has 7 nitrogen and oxygen atoms in total. The van der Waals surface area contributed by atoms with Gasteiger partial charge in [0.2, 0.25) is 0 Å². The minimum absolute atomic E-state index is 0.00954. The van der Waals surface area contributed by atoms with E-state index in [9.17, 15) is 24.3 Å². The van der Waals surface area contributed by atoms with E-state index in [2.05, 4.69) is 6.58 Å². The fourth-order valence-electron chi connectivity index (χ4n) is 4.90. The maximum Gasteiger partial charge on any atom is 0.334 e. The molecule has 0 spiro atoms. The molecule has 30 heavy (non-hydrogen) atoms. The lowest BCUT2D eigenvalue weighted by Gasteiger charge is -2.28. The van der Waals surface area contributed by atoms with E-state index >= 15 is 0 Å². The minimum Gasteiger partial charge on any atom is -0.508 e. The first-order valence-electron chi connectivity index (χ1n) is 9.85. The molecule has 0 aromatic heterocycles. The normalized spacial score (nSPS) is 30.4. The average molecular weight is 410 g/mol. The molecule has 0 unspecified atom stereocenters. The zero-order valence-electron chi connectivity index (χ0n) is 16.5. The van der Waals surface area contributed by atoms with Crippen molar-refractivity contribution >= 4 is 24.0 Å². The van der Waals surface area contributed by atoms with E-state index in [4.69, 9.17) is 9.47 Å². The molecule has 2 aliphatic carbocycles. The smallest absolute Gasteiger partial charge is 0.334 e. The van der Waals surface area contributed by atoms with Crippen molar-refractivity contribution < 1.29 is 33.8 Å². The summed E-state index contributed by atoms with van der Waals surface area (Å²) in [6.07, 6.45) is -0.390. The van der Waals surface area contributed by atoms with Gasteiger partial charge >= 0.3 is 11.9 Å². The predicted molar refractivity (Wildman–Crippen MR) is 104 cm³/mol. The standard InChI is InChI=1S/C23H22O7/c1-11-7-17(29-18(27)8-13-3-5-15(25)6-4-13)20-12(2)23(28)30-22(20)21-14(10-24)9-16(26)19(11)21/h3-6,10,14,17,20-22,25H,2,7-9H2,1H3/t14-,17-,20+,21-,22-/m0/s1. The first-order chi connectivity index (χ1) is 14.3. The molecule has 0 radical (unpaired) electrons. The quantitative estimate of drug-likeness (QED) is 0.460. The van der Waals surface area contributed by atoms with Crippen LogP contribution in [-0.4, -0.2) is 41.3 Å². The lowest BCUT2D eigenvalue weighted by Crippen LogP contribution is -2.37. The number of phenols is 1. The summed E-state index contributed by atoms with van der Waals surface area (Å²) >= 11 is 0. The highest BCUT2D eigenvalue weighted by Gasteiger charge is 2.56. The maximum absolute atomic E-state index is 12.6. The first kappa shape index (κ1) is 20.1. The number of carbonyl (C=O) groups excluding carboxylic acids is 4. The van der Waals surface area contributed by atoms with Gasteiger partial charge in [-0.2, -0.15) is 0 Å². The highest BCUT2D eigenvalue weighted by Crippen LogP contribution is 2.49. The van der Waals surface area contributed by atoms with Crippen LogP contribution in [0.5, 0.6) is 5.75 Å². The third kappa shape index (κ3) is 3.34. The Labute approximate surface area is 173 Å². The molecule has 1 aromatic rings. The fraction of sp³-hybridized carbons (Fsp3) is 0.391. The number of aromatic hydroxyl groups is 1. The molecular weight excluding hydrogens is 388 g/mol. The van der Waals surface area contributed by atoms with Crippen LogP contribution in [0.15, 0.2) is 47.6 Å². The molecule has 5 atom stereocenters. The number of ether oxygens (including phenoxy) is 2. The summed E-state index contributed by atoms with van der Waals surface area (Å²) in [6.45, 7) is 5.63. The SMILES string of the molecule is C=C1C(=O)O[C@@H]2[C@@H]3C(=C(C)C[C@H](OC(=O)Cc4ccc(O)cc4)[C@@H]12)C(=O)C[C@H]3C=O. The highest BCUT2D eigenvalue weighted by atomic mass is 16.6. The van der Waals surface area contributed by atoms with E-state index in [1.54, 1.807) is 19.1 Å². The Kier molecular flexibility index (Phi) is 5.05. The number of hydrogen-bond acceptors (Lipinski definition) is 7. The Balaban J connectivity index is 1.63. The Morgan fingerprint density at radius 3 is 2.60 bits per heavy atom. The van der Waals surface area contributed by atoms with Gasteiger partial charge in [-0.25, -0.2) is 4.79 Å². The van der Waals surface area contributed by atoms with Gasteiger partial charge in [-0.15, -0.1) is 0 Å². The number of aldehydes is 1. The van der Waals surface area contributed by atoms with Crippen molar-refractivity contribution in [3.8, 4) is 5.75 Å². The van der Waals surface area contributed by atoms with Crippen LogP contribution < -0.4 is 0 Å². The topological polar surface area (TPSA) is 107 Å². The lowest BCUT2D eigenvalue weighted by atomic mass is 9.80. The number of phenolic OH excluding ortho intramolecular Hbond substituents is 1. The molecule has 0 bridgehead atoms. The zero-order valence-corrected chi connectivity index (χ0v) is 16.5. The van der Waals surface area contributed by atoms with E-state index in [1.165, 1.54) is 12.1 Å². The third-order valence-corrected chi connectivity index (χ3v) is 6.24. The molecule has 1 heterocycles. The molecular formula is C23H22O7. The van der Waals surface area contributed by atoms with Crippen LogP contribution in [0.2, 0.25) is 0 Å². The predicted octanol–water partition coefficient (Wildman–Crippen LogP) is 2.07. The Hall–Kier alpha value is -3.22. The van der Waals surface area contributed by atoms with Gasteiger partial charge in [-0.05, 0) is 24.6 Å². The van der Waals surface area contributed by atoms with Gasteiger partial charge in [-0.1, -0.05) is 24.3 Å². The summed E-state index contributed by atoms with van der Waals surface area (Å²) in [5.41, 5.74) is 2.13. The zero-order chi connectivity index (χ0) is 21.6. The fourth-order valence-corrected chi connectivity index (χ4v) is 4.90. The number of ketones is 1. The van der Waals surface area contributed by atoms with E-state index < -0.39 is 41.9 Å². The van der Waals surface area contributed by atoms with E-state index in [-0.39, 0.29) is 36.4 Å². The van der Waals surface area contributed by atoms with Crippen LogP contribution in [-0.2, 0) is 35.1 Å². The molecule has 1 aromatic carbocycles. The van der Waals surface area contributed by atoms with E-state index in [0.29, 0.717) is 11.1 Å². The monoisotopic (exact) mass is 410 g/mol. The number of hydrogen-bond donors (Lipinski definition) is 1. The van der Waals surface area contributed by atoms with Gasteiger partial charge < -0.3 is 19.4 Å². The summed E-state index contributed by atoms with van der Waals surface area (Å²) < 4.78 is 11.3. The van der Waals surface area contributed by atoms with Crippen molar-refractivity contribution in [3.05, 3.63) is 53.1 Å². The molecule has 3 aliphatic rings. The van der Waals surface area contributed by atoms with Gasteiger partial charge in [0, 0.05) is 35.8 Å². The van der Waals surface area contributed by atoms with E-state index in [1.807, 2.05) is 0 Å². The van der Waals surface area contributed by atoms with Crippen LogP contribution in [0.4, 0.5) is 0 Å². The van der Waals surface area contributed by atoms with Crippen LogP contribution in [0.25, 0.3) is 0 Å². The molecule has 0 amide bonds. The Morgan fingerprint density at radius 1 is 1.23 bits per heavy atom. The largest absolute Gasteiger partial charge is 0.508 e. The molecule has 4 rings (SSSR count). The Bertz CT molecular complexity index is 972. The van der Waals surface area contributed by atoms with Crippen molar-refractivity contribution in [3.63, 3.8) is 0 Å². The molecule has 2 fully saturated rings. The van der Waals surface area contributed by atoms with Gasteiger partial charge in [0.25, 0.3) is 0 Å². The summed E-state index contributed by atoms with van der Waals surface area (Å²) in [6, 6.07) is 6.21. The molecule has 7 heteroatoms. The van der Waals surface area contributed by atoms with Gasteiger partial charge in [0.15, 0.2) is 5.78 Å². The second kappa shape index (κ2) is 7.55. The average Bonchev–Trinajstić information content (AvgIpc) is 3.15. The lowest BCUT2D eigenvalue weighted by molar-refractivity contribution is -0.152. The van der Waals surface area contributed by atoms with E-state index in [0.717, 1.165) is 11.9 Å². The molecule has 1 N–H and O–H groups in total. The van der Waals surface area contributed by atoms with Crippen LogP contribution in [0, 0.1) is 17.8 Å². The number of esters is 2. The van der Waals surface area contributed by atoms with Gasteiger partial charge in [0.05, 0.1) is 12.3 Å². The molecule has 1 saturated carbocycles. The number of Topliss-reactive ketones (excluding diaryl/α,β-unsaturated/α-hetero) is 1. The van der Waals surface area contributed by atoms with Crippen LogP contribution in [0.1, 0.15) is 25.3 Å². The second-order valence-electron chi connectivity index (χ2n) is 8.14. The summed E-state index contributed by atoms with van der Waals surface area (Å²) in [4.78, 5) is 49.1. The van der Waals surface area contributed by atoms with Crippen molar-refractivity contribution in [2.45, 2.75) is 38.4 Å². The minimum atomic E-state index is -0.759. The summed E-state index contributed by atoms with van der Waals surface area (Å²) in [5.74, 6) is -2.85. The third-order valence-electron chi connectivity index (χ3n) is 6.24.